The molecule has 5 rings (SSSR count). The van der Waals surface area contributed by atoms with Crippen molar-refractivity contribution >= 4 is 61.5 Å². The lowest BCUT2D eigenvalue weighted by Crippen LogP contribution is -2.22. The molecule has 1 aliphatic rings. The van der Waals surface area contributed by atoms with Crippen molar-refractivity contribution in [1.82, 2.24) is 4.98 Å². The molecule has 0 fully saturated rings. The summed E-state index contributed by atoms with van der Waals surface area (Å²) < 4.78 is 28.2. The number of esters is 1. The second-order valence-electron chi connectivity index (χ2n) is 8.56. The van der Waals surface area contributed by atoms with Gasteiger partial charge in [-0.3, -0.25) is 4.79 Å². The third-order valence-corrected chi connectivity index (χ3v) is 7.78. The van der Waals surface area contributed by atoms with Crippen LogP contribution in [0, 0.1) is 0 Å². The van der Waals surface area contributed by atoms with E-state index in [2.05, 4.69) is 11.4 Å². The van der Waals surface area contributed by atoms with Gasteiger partial charge in [0.2, 0.25) is 10.0 Å². The van der Waals surface area contributed by atoms with Gasteiger partial charge >= 0.3 is 5.97 Å². The molecule has 0 atom stereocenters. The molecule has 8 nitrogen and oxygen atoms in total. The highest BCUT2D eigenvalue weighted by Gasteiger charge is 2.26. The zero-order valence-corrected chi connectivity index (χ0v) is 21.3. The summed E-state index contributed by atoms with van der Waals surface area (Å²) in [4.78, 5) is 31.7. The topological polar surface area (TPSA) is 128 Å². The number of allylic oxidation sites excluding steroid dienone is 1. The van der Waals surface area contributed by atoms with E-state index in [0.29, 0.717) is 28.6 Å². The lowest BCUT2D eigenvalue weighted by molar-refractivity contribution is -0.119. The van der Waals surface area contributed by atoms with Crippen molar-refractivity contribution in [3.63, 3.8) is 0 Å². The third kappa shape index (κ3) is 5.46. The number of carbonyl (C=O) groups excluding carboxylic acids is 2. The van der Waals surface area contributed by atoms with E-state index < -0.39 is 28.5 Å². The van der Waals surface area contributed by atoms with Gasteiger partial charge in [0.25, 0.3) is 5.91 Å². The van der Waals surface area contributed by atoms with Gasteiger partial charge in [0.05, 0.1) is 21.7 Å². The third-order valence-electron chi connectivity index (χ3n) is 6.04. The van der Waals surface area contributed by atoms with E-state index in [0.717, 1.165) is 34.5 Å². The number of para-hydroxylation sites is 1. The van der Waals surface area contributed by atoms with Crippen molar-refractivity contribution in [2.45, 2.75) is 24.2 Å². The Morgan fingerprint density at radius 1 is 1.05 bits per heavy atom. The normalized spacial score (nSPS) is 14.4. The molecule has 0 radical (unpaired) electrons. The molecule has 0 saturated heterocycles. The zero-order valence-electron chi connectivity index (χ0n) is 19.6. The highest BCUT2D eigenvalue weighted by molar-refractivity contribution is 7.89. The van der Waals surface area contributed by atoms with Gasteiger partial charge in [-0.25, -0.2) is 23.3 Å². The number of fused-ring (bicyclic) bond motifs is 2. The maximum absolute atomic E-state index is 13.3. The molecule has 0 saturated carbocycles. The summed E-state index contributed by atoms with van der Waals surface area (Å²) in [6.45, 7) is -0.501. The van der Waals surface area contributed by atoms with Gasteiger partial charge in [0, 0.05) is 16.0 Å². The van der Waals surface area contributed by atoms with Crippen LogP contribution in [-0.4, -0.2) is 31.9 Å². The van der Waals surface area contributed by atoms with E-state index in [1.165, 1.54) is 24.3 Å². The number of ether oxygens (including phenoxy) is 1. The molecular weight excluding hydrogens is 510 g/mol. The Kier molecular flexibility index (Phi) is 6.88. The van der Waals surface area contributed by atoms with Crippen LogP contribution in [0.3, 0.4) is 0 Å². The molecule has 2 aromatic carbocycles. The Labute approximate surface area is 217 Å². The molecule has 1 aliphatic carbocycles. The number of carbonyl (C=O) groups is 2. The number of hydrogen-bond donors (Lipinski definition) is 2. The Morgan fingerprint density at radius 2 is 1.84 bits per heavy atom. The van der Waals surface area contributed by atoms with Crippen LogP contribution in [0.1, 0.15) is 39.3 Å². The van der Waals surface area contributed by atoms with Crippen LogP contribution >= 0.6 is 11.3 Å². The van der Waals surface area contributed by atoms with E-state index in [1.807, 2.05) is 41.8 Å². The number of nitrogens with one attached hydrogen (secondary N) is 1. The van der Waals surface area contributed by atoms with E-state index in [9.17, 15) is 18.0 Å². The van der Waals surface area contributed by atoms with Gasteiger partial charge in [-0.05, 0) is 78.3 Å². The summed E-state index contributed by atoms with van der Waals surface area (Å²) in [5, 5.41) is 10.4. The largest absolute Gasteiger partial charge is 0.452 e. The molecule has 2 heterocycles. The van der Waals surface area contributed by atoms with E-state index in [4.69, 9.17) is 14.9 Å². The first-order valence-electron chi connectivity index (χ1n) is 11.6. The Morgan fingerprint density at radius 3 is 2.57 bits per heavy atom. The van der Waals surface area contributed by atoms with Crippen LogP contribution in [-0.2, 0) is 26.0 Å². The average molecular weight is 534 g/mol. The molecular formula is C27H23N3O5S2. The SMILES string of the molecule is NS(=O)(=O)c1ccc(NC(=O)COC(=O)c2c3c(nc4ccccc24)C(=Cc2cccs2)CCC3)cc1. The minimum absolute atomic E-state index is 0.0706. The standard InChI is InChI=1S/C27H23N3O5S2/c28-37(33,34)20-12-10-18(11-13-20)29-24(31)16-35-27(32)25-21-7-1-2-9-23(21)30-26-17(5-3-8-22(25)26)15-19-6-4-14-36-19/h1-2,4,6-7,9-15H,3,5,8,16H2,(H,29,31)(H2,28,33,34). The van der Waals surface area contributed by atoms with Gasteiger partial charge in [-0.15, -0.1) is 11.3 Å². The van der Waals surface area contributed by atoms with Crippen LogP contribution in [0.15, 0.2) is 70.9 Å². The number of benzene rings is 2. The number of hydrogen-bond acceptors (Lipinski definition) is 7. The first kappa shape index (κ1) is 24.8. The molecule has 2 aromatic heterocycles. The fourth-order valence-corrected chi connectivity index (χ4v) is 5.58. The summed E-state index contributed by atoms with van der Waals surface area (Å²) >= 11 is 1.64. The summed E-state index contributed by atoms with van der Waals surface area (Å²) in [5.74, 6) is -1.14. The van der Waals surface area contributed by atoms with Crippen molar-refractivity contribution in [3.8, 4) is 0 Å². The minimum atomic E-state index is -3.84. The molecule has 188 valence electrons. The van der Waals surface area contributed by atoms with Gasteiger partial charge in [0.15, 0.2) is 6.61 Å². The molecule has 0 aliphatic heterocycles. The minimum Gasteiger partial charge on any atom is -0.452 e. The maximum atomic E-state index is 13.3. The van der Waals surface area contributed by atoms with Crippen LogP contribution in [0.5, 0.6) is 0 Å². The second kappa shape index (κ2) is 10.3. The lowest BCUT2D eigenvalue weighted by Gasteiger charge is -2.22. The number of nitrogens with zero attached hydrogens (tertiary/aromatic N) is 1. The monoisotopic (exact) mass is 533 g/mol. The first-order chi connectivity index (χ1) is 17.8. The number of pyridine rings is 1. The lowest BCUT2D eigenvalue weighted by atomic mass is 9.86. The Balaban J connectivity index is 1.39. The molecule has 3 N–H and O–H groups in total. The van der Waals surface area contributed by atoms with Crippen molar-refractivity contribution in [2.75, 3.05) is 11.9 Å². The quantitative estimate of drug-likeness (QED) is 0.348. The summed E-state index contributed by atoms with van der Waals surface area (Å²) in [6.07, 6.45) is 4.53. The second-order valence-corrected chi connectivity index (χ2v) is 11.1. The van der Waals surface area contributed by atoms with Gasteiger partial charge in [-0.2, -0.15) is 0 Å². The molecule has 0 spiro atoms. The Hall–Kier alpha value is -3.86. The van der Waals surface area contributed by atoms with E-state index in [-0.39, 0.29) is 4.90 Å². The number of anilines is 1. The molecule has 0 unspecified atom stereocenters. The van der Waals surface area contributed by atoms with Gasteiger partial charge in [-0.1, -0.05) is 24.3 Å². The highest BCUT2D eigenvalue weighted by atomic mass is 32.2. The fourth-order valence-electron chi connectivity index (χ4n) is 4.38. The fraction of sp³-hybridized carbons (Fsp3) is 0.148. The summed E-state index contributed by atoms with van der Waals surface area (Å²) in [6, 6.07) is 16.8. The van der Waals surface area contributed by atoms with Crippen molar-refractivity contribution in [1.29, 1.82) is 0 Å². The van der Waals surface area contributed by atoms with Crippen molar-refractivity contribution in [2.24, 2.45) is 5.14 Å². The number of nitrogens with two attached hydrogens (primary N) is 1. The van der Waals surface area contributed by atoms with Crippen LogP contribution in [0.4, 0.5) is 5.69 Å². The predicted molar refractivity (Wildman–Crippen MR) is 144 cm³/mol. The number of sulfonamides is 1. The molecule has 4 aromatic rings. The first-order valence-corrected chi connectivity index (χ1v) is 14.0. The van der Waals surface area contributed by atoms with E-state index >= 15 is 0 Å². The molecule has 37 heavy (non-hydrogen) atoms. The average Bonchev–Trinajstić information content (AvgIpc) is 3.39. The molecule has 10 heteroatoms. The molecule has 0 bridgehead atoms. The highest BCUT2D eigenvalue weighted by Crippen LogP contribution is 2.36. The number of rotatable bonds is 6. The Bertz CT molecular complexity index is 1630. The number of primary sulfonamides is 1. The summed E-state index contributed by atoms with van der Waals surface area (Å²) in [7, 11) is -3.84. The van der Waals surface area contributed by atoms with Crippen LogP contribution < -0.4 is 10.5 Å². The zero-order chi connectivity index (χ0) is 26.0. The number of thiophene rings is 1. The smallest absolute Gasteiger partial charge is 0.339 e. The van der Waals surface area contributed by atoms with Gasteiger partial charge in [0.1, 0.15) is 0 Å². The van der Waals surface area contributed by atoms with Crippen molar-refractivity contribution < 1.29 is 22.7 Å². The van der Waals surface area contributed by atoms with E-state index in [1.54, 1.807) is 11.3 Å². The van der Waals surface area contributed by atoms with Crippen LogP contribution in [0.25, 0.3) is 22.6 Å². The number of amides is 1. The summed E-state index contributed by atoms with van der Waals surface area (Å²) in [5.41, 5.74) is 4.17. The van der Waals surface area contributed by atoms with Gasteiger partial charge < -0.3 is 10.1 Å². The predicted octanol–water partition coefficient (Wildman–Crippen LogP) is 4.62. The van der Waals surface area contributed by atoms with Crippen LogP contribution in [0.2, 0.25) is 0 Å². The molecule has 1 amide bonds. The maximum Gasteiger partial charge on any atom is 0.339 e. The van der Waals surface area contributed by atoms with Crippen molar-refractivity contribution in [3.05, 3.63) is 87.7 Å². The number of aromatic nitrogens is 1.